The number of carbonyl (C=O) groups excluding carboxylic acids is 2. The van der Waals surface area contributed by atoms with Gasteiger partial charge in [0.2, 0.25) is 5.78 Å². The molecule has 0 bridgehead atoms. The average molecular weight is 184 g/mol. The van der Waals surface area contributed by atoms with Gasteiger partial charge in [0, 0.05) is 6.42 Å². The first-order valence-corrected chi connectivity index (χ1v) is 4.38. The quantitative estimate of drug-likeness (QED) is 0.358. The minimum Gasteiger partial charge on any atom is -0.456 e. The Labute approximate surface area is 78.8 Å². The Balaban J connectivity index is 3.69. The van der Waals surface area contributed by atoms with Crippen LogP contribution in [-0.4, -0.2) is 18.4 Å². The van der Waals surface area contributed by atoms with Gasteiger partial charge >= 0.3 is 5.97 Å². The lowest BCUT2D eigenvalue weighted by atomic mass is 10.1. The SMILES string of the molecule is C=CCOC(=O)C(=O)CCC(C)C. The van der Waals surface area contributed by atoms with Crippen LogP contribution in [0.4, 0.5) is 0 Å². The van der Waals surface area contributed by atoms with Gasteiger partial charge in [-0.25, -0.2) is 4.79 Å². The van der Waals surface area contributed by atoms with Gasteiger partial charge in [-0.15, -0.1) is 0 Å². The molecule has 0 saturated carbocycles. The van der Waals surface area contributed by atoms with Crippen LogP contribution in [0.3, 0.4) is 0 Å². The van der Waals surface area contributed by atoms with E-state index in [0.29, 0.717) is 5.92 Å². The molecule has 0 amide bonds. The molecule has 0 heterocycles. The molecular formula is C10H16O3. The summed E-state index contributed by atoms with van der Waals surface area (Å²) in [6.07, 6.45) is 2.43. The summed E-state index contributed by atoms with van der Waals surface area (Å²) < 4.78 is 4.58. The van der Waals surface area contributed by atoms with Crippen LogP contribution in [0, 0.1) is 5.92 Å². The third kappa shape index (κ3) is 6.08. The van der Waals surface area contributed by atoms with Crippen LogP contribution < -0.4 is 0 Å². The van der Waals surface area contributed by atoms with Crippen LogP contribution in [0.2, 0.25) is 0 Å². The molecule has 3 nitrogen and oxygen atoms in total. The maximum atomic E-state index is 11.0. The van der Waals surface area contributed by atoms with Crippen LogP contribution in [-0.2, 0) is 14.3 Å². The fraction of sp³-hybridized carbons (Fsp3) is 0.600. The normalized spacial score (nSPS) is 9.77. The van der Waals surface area contributed by atoms with Gasteiger partial charge in [-0.3, -0.25) is 4.79 Å². The number of esters is 1. The largest absolute Gasteiger partial charge is 0.456 e. The molecule has 0 saturated heterocycles. The van der Waals surface area contributed by atoms with Crippen molar-refractivity contribution in [3.63, 3.8) is 0 Å². The monoisotopic (exact) mass is 184 g/mol. The van der Waals surface area contributed by atoms with E-state index in [1.165, 1.54) is 6.08 Å². The highest BCUT2D eigenvalue weighted by Gasteiger charge is 2.14. The Kier molecular flexibility index (Phi) is 5.85. The first-order chi connectivity index (χ1) is 6.07. The minimum absolute atomic E-state index is 0.103. The van der Waals surface area contributed by atoms with Crippen molar-refractivity contribution in [3.8, 4) is 0 Å². The number of carbonyl (C=O) groups is 2. The molecule has 0 rings (SSSR count). The van der Waals surface area contributed by atoms with E-state index >= 15 is 0 Å². The summed E-state index contributed by atoms with van der Waals surface area (Å²) >= 11 is 0. The lowest BCUT2D eigenvalue weighted by molar-refractivity contribution is -0.153. The third-order valence-corrected chi connectivity index (χ3v) is 1.51. The van der Waals surface area contributed by atoms with Gasteiger partial charge in [0.05, 0.1) is 0 Å². The molecule has 0 fully saturated rings. The van der Waals surface area contributed by atoms with E-state index in [0.717, 1.165) is 6.42 Å². The predicted molar refractivity (Wildman–Crippen MR) is 50.2 cm³/mol. The van der Waals surface area contributed by atoms with Crippen molar-refractivity contribution < 1.29 is 14.3 Å². The molecule has 0 aromatic rings. The molecule has 0 atom stereocenters. The van der Waals surface area contributed by atoms with E-state index in [2.05, 4.69) is 11.3 Å². The first-order valence-electron chi connectivity index (χ1n) is 4.38. The van der Waals surface area contributed by atoms with Crippen molar-refractivity contribution in [2.75, 3.05) is 6.61 Å². The Morgan fingerprint density at radius 2 is 2.08 bits per heavy atom. The molecule has 0 radical (unpaired) electrons. The van der Waals surface area contributed by atoms with E-state index < -0.39 is 11.8 Å². The van der Waals surface area contributed by atoms with E-state index in [9.17, 15) is 9.59 Å². The van der Waals surface area contributed by atoms with Gasteiger partial charge in [0.15, 0.2) is 0 Å². The summed E-state index contributed by atoms with van der Waals surface area (Å²) in [7, 11) is 0. The van der Waals surface area contributed by atoms with Crippen molar-refractivity contribution in [3.05, 3.63) is 12.7 Å². The minimum atomic E-state index is -0.749. The summed E-state index contributed by atoms with van der Waals surface area (Å²) in [5.41, 5.74) is 0. The molecule has 0 aliphatic heterocycles. The topological polar surface area (TPSA) is 43.4 Å². The second-order valence-electron chi connectivity index (χ2n) is 3.24. The highest BCUT2D eigenvalue weighted by molar-refractivity contribution is 6.33. The Hall–Kier alpha value is -1.12. The van der Waals surface area contributed by atoms with E-state index in [4.69, 9.17) is 0 Å². The molecule has 13 heavy (non-hydrogen) atoms. The molecule has 3 heteroatoms. The van der Waals surface area contributed by atoms with Crippen molar-refractivity contribution in [2.24, 2.45) is 5.92 Å². The van der Waals surface area contributed by atoms with Crippen LogP contribution in [0.25, 0.3) is 0 Å². The van der Waals surface area contributed by atoms with Crippen LogP contribution >= 0.6 is 0 Å². The number of ether oxygens (including phenoxy) is 1. The number of rotatable bonds is 6. The molecule has 0 aliphatic carbocycles. The summed E-state index contributed by atoms with van der Waals surface area (Å²) in [6, 6.07) is 0. The number of hydrogen-bond acceptors (Lipinski definition) is 3. The standard InChI is InChI=1S/C10H16O3/c1-4-7-13-10(12)9(11)6-5-8(2)3/h4,8H,1,5-7H2,2-3H3. The molecule has 74 valence electrons. The van der Waals surface area contributed by atoms with Crippen molar-refractivity contribution in [1.82, 2.24) is 0 Å². The highest BCUT2D eigenvalue weighted by Crippen LogP contribution is 2.04. The summed E-state index contributed by atoms with van der Waals surface area (Å²) in [6.45, 7) is 7.49. The van der Waals surface area contributed by atoms with E-state index in [1.807, 2.05) is 13.8 Å². The van der Waals surface area contributed by atoms with Crippen molar-refractivity contribution in [2.45, 2.75) is 26.7 Å². The zero-order valence-electron chi connectivity index (χ0n) is 8.21. The second-order valence-corrected chi connectivity index (χ2v) is 3.24. The smallest absolute Gasteiger partial charge is 0.374 e. The summed E-state index contributed by atoms with van der Waals surface area (Å²) in [5, 5.41) is 0. The average Bonchev–Trinajstić information content (AvgIpc) is 2.10. The van der Waals surface area contributed by atoms with Crippen LogP contribution in [0.1, 0.15) is 26.7 Å². The predicted octanol–water partition coefficient (Wildman–Crippen LogP) is 1.72. The Bertz CT molecular complexity index is 194. The molecule has 0 aromatic heterocycles. The first kappa shape index (κ1) is 11.9. The van der Waals surface area contributed by atoms with E-state index in [-0.39, 0.29) is 13.0 Å². The lowest BCUT2D eigenvalue weighted by Gasteiger charge is -2.03. The summed E-state index contributed by atoms with van der Waals surface area (Å²) in [4.78, 5) is 21.9. The molecular weight excluding hydrogens is 168 g/mol. The number of hydrogen-bond donors (Lipinski definition) is 0. The molecule has 0 spiro atoms. The van der Waals surface area contributed by atoms with Crippen LogP contribution in [0.5, 0.6) is 0 Å². The second kappa shape index (κ2) is 6.40. The maximum absolute atomic E-state index is 11.0. The van der Waals surface area contributed by atoms with Gasteiger partial charge < -0.3 is 4.74 Å². The molecule has 0 N–H and O–H groups in total. The van der Waals surface area contributed by atoms with E-state index in [1.54, 1.807) is 0 Å². The fourth-order valence-electron chi connectivity index (χ4n) is 0.737. The number of ketones is 1. The highest BCUT2D eigenvalue weighted by atomic mass is 16.5. The van der Waals surface area contributed by atoms with Gasteiger partial charge in [-0.05, 0) is 12.3 Å². The Morgan fingerprint density at radius 3 is 2.54 bits per heavy atom. The van der Waals surface area contributed by atoms with Crippen LogP contribution in [0.15, 0.2) is 12.7 Å². The summed E-state index contributed by atoms with van der Waals surface area (Å²) in [5.74, 6) is -0.771. The third-order valence-electron chi connectivity index (χ3n) is 1.51. The molecule has 0 aromatic carbocycles. The fourth-order valence-corrected chi connectivity index (χ4v) is 0.737. The maximum Gasteiger partial charge on any atom is 0.374 e. The molecule has 0 unspecified atom stereocenters. The van der Waals surface area contributed by atoms with Gasteiger partial charge in [0.25, 0.3) is 0 Å². The zero-order chi connectivity index (χ0) is 10.3. The van der Waals surface area contributed by atoms with Gasteiger partial charge in [-0.2, -0.15) is 0 Å². The van der Waals surface area contributed by atoms with Gasteiger partial charge in [-0.1, -0.05) is 26.5 Å². The van der Waals surface area contributed by atoms with Crippen molar-refractivity contribution in [1.29, 1.82) is 0 Å². The zero-order valence-corrected chi connectivity index (χ0v) is 8.21. The van der Waals surface area contributed by atoms with Crippen molar-refractivity contribution >= 4 is 11.8 Å². The number of Topliss-reactive ketones (excluding diaryl/α,β-unsaturated/α-hetero) is 1. The Morgan fingerprint density at radius 1 is 1.46 bits per heavy atom. The van der Waals surface area contributed by atoms with Gasteiger partial charge in [0.1, 0.15) is 6.61 Å². The molecule has 0 aliphatic rings. The lowest BCUT2D eigenvalue weighted by Crippen LogP contribution is -2.17.